The third-order valence-corrected chi connectivity index (χ3v) is 6.83. The molecule has 0 amide bonds. The van der Waals surface area contributed by atoms with Crippen molar-refractivity contribution in [1.82, 2.24) is 20.3 Å². The first-order valence-corrected chi connectivity index (χ1v) is 12.9. The number of benzene rings is 2. The molecular formula is C24H27F3N4O4S. The van der Waals surface area contributed by atoms with Crippen molar-refractivity contribution in [2.45, 2.75) is 37.7 Å². The minimum Gasteiger partial charge on any atom is -0.417 e. The van der Waals surface area contributed by atoms with E-state index in [9.17, 15) is 21.6 Å². The number of unbranched alkanes of at least 4 members (excludes halogenated alkanes) is 1. The summed E-state index contributed by atoms with van der Waals surface area (Å²) in [5.74, 6) is -0.330. The number of fused-ring (bicyclic) bond motifs is 2. The lowest BCUT2D eigenvalue weighted by Gasteiger charge is -2.29. The second-order valence-corrected chi connectivity index (χ2v) is 10.0. The van der Waals surface area contributed by atoms with Gasteiger partial charge in [-0.1, -0.05) is 12.1 Å². The van der Waals surface area contributed by atoms with Crippen LogP contribution in [0.3, 0.4) is 0 Å². The SMILES string of the molecule is O=S(=O)(Oc1ccc2c(c1)CN(CCCCNO/C=C/Cc1ccc3[nH]cnc3c1)CC2)C(F)(F)F. The van der Waals surface area contributed by atoms with Crippen molar-refractivity contribution in [2.24, 2.45) is 0 Å². The van der Waals surface area contributed by atoms with Crippen LogP contribution in [-0.4, -0.2) is 48.4 Å². The Labute approximate surface area is 207 Å². The van der Waals surface area contributed by atoms with Crippen LogP contribution in [0.1, 0.15) is 29.5 Å². The molecule has 1 aromatic heterocycles. The topological polar surface area (TPSA) is 96.5 Å². The summed E-state index contributed by atoms with van der Waals surface area (Å²) in [4.78, 5) is 14.8. The lowest BCUT2D eigenvalue weighted by atomic mass is 9.99. The van der Waals surface area contributed by atoms with Crippen LogP contribution in [0.4, 0.5) is 13.2 Å². The molecule has 12 heteroatoms. The van der Waals surface area contributed by atoms with Gasteiger partial charge in [0.1, 0.15) is 12.0 Å². The van der Waals surface area contributed by atoms with Gasteiger partial charge in [-0.15, -0.1) is 0 Å². The number of allylic oxidation sites excluding steroid dienone is 1. The van der Waals surface area contributed by atoms with Gasteiger partial charge in [-0.25, -0.2) is 4.98 Å². The predicted molar refractivity (Wildman–Crippen MR) is 128 cm³/mol. The average Bonchev–Trinajstić information content (AvgIpc) is 3.30. The molecule has 8 nitrogen and oxygen atoms in total. The van der Waals surface area contributed by atoms with E-state index in [2.05, 4.69) is 24.5 Å². The van der Waals surface area contributed by atoms with Crippen molar-refractivity contribution >= 4 is 21.2 Å². The van der Waals surface area contributed by atoms with Crippen LogP contribution in [0, 0.1) is 0 Å². The Balaban J connectivity index is 1.13. The highest BCUT2D eigenvalue weighted by Crippen LogP contribution is 2.29. The minimum absolute atomic E-state index is 0.330. The molecule has 0 atom stereocenters. The molecule has 0 fully saturated rings. The van der Waals surface area contributed by atoms with E-state index in [0.717, 1.165) is 66.5 Å². The van der Waals surface area contributed by atoms with E-state index in [4.69, 9.17) is 4.84 Å². The molecule has 1 aliphatic heterocycles. The fourth-order valence-electron chi connectivity index (χ4n) is 3.98. The Morgan fingerprint density at radius 2 is 2.00 bits per heavy atom. The smallest absolute Gasteiger partial charge is 0.417 e. The summed E-state index contributed by atoms with van der Waals surface area (Å²) in [7, 11) is -5.68. The van der Waals surface area contributed by atoms with Gasteiger partial charge >= 0.3 is 15.6 Å². The number of aromatic amines is 1. The van der Waals surface area contributed by atoms with Gasteiger partial charge in [0.2, 0.25) is 0 Å². The van der Waals surface area contributed by atoms with Crippen molar-refractivity contribution < 1.29 is 30.6 Å². The fraction of sp³-hybridized carbons (Fsp3) is 0.375. The van der Waals surface area contributed by atoms with Gasteiger partial charge in [-0.05, 0) is 79.3 Å². The summed E-state index contributed by atoms with van der Waals surface area (Å²) in [5, 5.41) is 0. The quantitative estimate of drug-likeness (QED) is 0.128. The van der Waals surface area contributed by atoms with Gasteiger partial charge in [-0.2, -0.15) is 27.1 Å². The van der Waals surface area contributed by atoms with Gasteiger partial charge in [-0.3, -0.25) is 4.90 Å². The Hall–Kier alpha value is -3.09. The van der Waals surface area contributed by atoms with E-state index in [1.54, 1.807) is 18.7 Å². The molecule has 36 heavy (non-hydrogen) atoms. The zero-order valence-electron chi connectivity index (χ0n) is 19.4. The largest absolute Gasteiger partial charge is 0.534 e. The molecule has 2 N–H and O–H groups in total. The second kappa shape index (κ2) is 11.3. The van der Waals surface area contributed by atoms with E-state index in [1.807, 2.05) is 24.3 Å². The van der Waals surface area contributed by atoms with Gasteiger partial charge in [0.05, 0.1) is 17.4 Å². The Morgan fingerprint density at radius 1 is 1.14 bits per heavy atom. The third-order valence-electron chi connectivity index (χ3n) is 5.85. The molecule has 0 unspecified atom stereocenters. The van der Waals surface area contributed by atoms with Crippen LogP contribution in [0.5, 0.6) is 5.75 Å². The molecule has 0 spiro atoms. The number of aromatic nitrogens is 2. The van der Waals surface area contributed by atoms with Crippen molar-refractivity contribution in [1.29, 1.82) is 0 Å². The maximum atomic E-state index is 12.6. The molecule has 0 saturated heterocycles. The molecule has 2 aromatic carbocycles. The molecule has 0 radical (unpaired) electrons. The second-order valence-electron chi connectivity index (χ2n) is 8.49. The van der Waals surface area contributed by atoms with Crippen molar-refractivity contribution in [3.05, 3.63) is 71.8 Å². The van der Waals surface area contributed by atoms with Crippen LogP contribution < -0.4 is 9.66 Å². The monoisotopic (exact) mass is 524 g/mol. The van der Waals surface area contributed by atoms with E-state index < -0.39 is 15.6 Å². The molecule has 1 aliphatic rings. The number of rotatable bonds is 11. The van der Waals surface area contributed by atoms with Crippen molar-refractivity contribution in [2.75, 3.05) is 19.6 Å². The molecular weight excluding hydrogens is 497 g/mol. The number of nitrogens with zero attached hydrogens (tertiary/aromatic N) is 2. The summed E-state index contributed by atoms with van der Waals surface area (Å²) in [5.41, 5.74) is 2.27. The normalized spacial score (nSPS) is 14.9. The zero-order valence-corrected chi connectivity index (χ0v) is 20.2. The van der Waals surface area contributed by atoms with E-state index >= 15 is 0 Å². The highest BCUT2D eigenvalue weighted by atomic mass is 32.2. The molecule has 0 bridgehead atoms. The maximum absolute atomic E-state index is 12.6. The number of alkyl halides is 3. The van der Waals surface area contributed by atoms with Crippen molar-refractivity contribution in [3.8, 4) is 5.75 Å². The van der Waals surface area contributed by atoms with Crippen LogP contribution in [0.25, 0.3) is 11.0 Å². The average molecular weight is 525 g/mol. The Bertz CT molecular complexity index is 1310. The van der Waals surface area contributed by atoms with Gasteiger partial charge in [0, 0.05) is 19.6 Å². The number of nitrogens with one attached hydrogen (secondary N) is 2. The number of imidazole rings is 1. The van der Waals surface area contributed by atoms with Crippen molar-refractivity contribution in [3.63, 3.8) is 0 Å². The van der Waals surface area contributed by atoms with Gasteiger partial charge in [0.15, 0.2) is 0 Å². The van der Waals surface area contributed by atoms with E-state index in [0.29, 0.717) is 13.1 Å². The Morgan fingerprint density at radius 3 is 2.83 bits per heavy atom. The fourth-order valence-corrected chi connectivity index (χ4v) is 4.44. The van der Waals surface area contributed by atoms with Crippen LogP contribution in [0.2, 0.25) is 0 Å². The van der Waals surface area contributed by atoms with E-state index in [1.165, 1.54) is 12.1 Å². The number of halogens is 3. The summed E-state index contributed by atoms with van der Waals surface area (Å²) >= 11 is 0. The maximum Gasteiger partial charge on any atom is 0.534 e. The standard InChI is InChI=1S/C24H27F3N4O4S/c25-24(26,27)36(32,33)35-21-7-6-19-9-12-31(16-20(19)15-21)11-2-1-10-30-34-13-3-4-18-5-8-22-23(14-18)29-17-28-22/h3,5-8,13-15,17,30H,1-2,4,9-12,16H2,(H,28,29)/b13-3+. The molecule has 194 valence electrons. The first kappa shape index (κ1) is 26.0. The predicted octanol–water partition coefficient (Wildman–Crippen LogP) is 4.21. The number of H-pyrrole nitrogens is 1. The molecule has 4 rings (SSSR count). The van der Waals surface area contributed by atoms with E-state index in [-0.39, 0.29) is 5.75 Å². The zero-order chi connectivity index (χ0) is 25.6. The summed E-state index contributed by atoms with van der Waals surface area (Å²) < 4.78 is 64.5. The highest BCUT2D eigenvalue weighted by Gasteiger charge is 2.48. The number of hydrogen-bond donors (Lipinski definition) is 2. The molecule has 0 saturated carbocycles. The Kier molecular flexibility index (Phi) is 8.17. The summed E-state index contributed by atoms with van der Waals surface area (Å²) in [6, 6.07) is 10.3. The van der Waals surface area contributed by atoms with Crippen LogP contribution in [-0.2, 0) is 34.3 Å². The van der Waals surface area contributed by atoms with Crippen LogP contribution >= 0.6 is 0 Å². The summed E-state index contributed by atoms with van der Waals surface area (Å²) in [6.07, 6.45) is 8.46. The minimum atomic E-state index is -5.68. The molecule has 0 aliphatic carbocycles. The molecule has 3 aromatic rings. The van der Waals surface area contributed by atoms with Gasteiger partial charge in [0.25, 0.3) is 0 Å². The number of hydrogen-bond acceptors (Lipinski definition) is 7. The third kappa shape index (κ3) is 6.77. The van der Waals surface area contributed by atoms with Crippen LogP contribution in [0.15, 0.2) is 55.1 Å². The highest BCUT2D eigenvalue weighted by molar-refractivity contribution is 7.88. The van der Waals surface area contributed by atoms with Gasteiger partial charge < -0.3 is 14.0 Å². The first-order valence-electron chi connectivity index (χ1n) is 11.5. The lowest BCUT2D eigenvalue weighted by Crippen LogP contribution is -2.32. The molecule has 2 heterocycles. The first-order chi connectivity index (χ1) is 17.2. The lowest BCUT2D eigenvalue weighted by molar-refractivity contribution is -0.0500. The summed E-state index contributed by atoms with van der Waals surface area (Å²) in [6.45, 7) is 2.82. The number of hydroxylamine groups is 1.